The van der Waals surface area contributed by atoms with Gasteiger partial charge in [-0.25, -0.2) is 4.79 Å². The van der Waals surface area contributed by atoms with Gasteiger partial charge >= 0.3 is 6.09 Å². The molecular weight excluding hydrogens is 334 g/mol. The summed E-state index contributed by atoms with van der Waals surface area (Å²) in [6, 6.07) is 6.95. The van der Waals surface area contributed by atoms with Crippen LogP contribution in [-0.2, 0) is 16.0 Å². The summed E-state index contributed by atoms with van der Waals surface area (Å²) in [4.78, 5) is 23.3. The van der Waals surface area contributed by atoms with Gasteiger partial charge in [0.1, 0.15) is 17.4 Å². The van der Waals surface area contributed by atoms with Gasteiger partial charge in [-0.15, -0.1) is 0 Å². The van der Waals surface area contributed by atoms with E-state index in [0.29, 0.717) is 12.3 Å². The highest BCUT2D eigenvalue weighted by molar-refractivity contribution is 5.84. The number of unbranched alkanes of at least 4 members (excludes halogenated alkanes) is 1. The number of ether oxygens (including phenoxy) is 2. The fourth-order valence-electron chi connectivity index (χ4n) is 2.26. The lowest BCUT2D eigenvalue weighted by Crippen LogP contribution is -2.47. The Hall–Kier alpha value is -2.28. The van der Waals surface area contributed by atoms with Crippen LogP contribution in [0.2, 0.25) is 0 Å². The minimum atomic E-state index is -0.847. The van der Waals surface area contributed by atoms with E-state index in [2.05, 4.69) is 5.32 Å². The first-order valence-corrected chi connectivity index (χ1v) is 8.92. The van der Waals surface area contributed by atoms with Crippen LogP contribution in [0.15, 0.2) is 24.3 Å². The maximum atomic E-state index is 11.8. The van der Waals surface area contributed by atoms with E-state index in [4.69, 9.17) is 20.9 Å². The third-order valence-electron chi connectivity index (χ3n) is 3.55. The average Bonchev–Trinajstić information content (AvgIpc) is 2.53. The highest BCUT2D eigenvalue weighted by atomic mass is 16.6. The molecule has 2 amide bonds. The van der Waals surface area contributed by atoms with E-state index in [1.165, 1.54) is 5.56 Å². The van der Waals surface area contributed by atoms with E-state index < -0.39 is 23.6 Å². The molecule has 0 spiro atoms. The quantitative estimate of drug-likeness (QED) is 0.549. The number of aryl methyl sites for hydroxylation is 1. The molecule has 1 aromatic carbocycles. The summed E-state index contributed by atoms with van der Waals surface area (Å²) in [5.41, 5.74) is 11.4. The molecule has 7 nitrogen and oxygen atoms in total. The molecule has 0 aliphatic rings. The van der Waals surface area contributed by atoms with Gasteiger partial charge in [0.25, 0.3) is 0 Å². The van der Waals surface area contributed by atoms with Gasteiger partial charge in [-0.2, -0.15) is 0 Å². The average molecular weight is 365 g/mol. The summed E-state index contributed by atoms with van der Waals surface area (Å²) in [7, 11) is 0. The zero-order valence-electron chi connectivity index (χ0n) is 15.9. The minimum Gasteiger partial charge on any atom is -0.494 e. The van der Waals surface area contributed by atoms with Crippen molar-refractivity contribution in [2.24, 2.45) is 11.5 Å². The third-order valence-corrected chi connectivity index (χ3v) is 3.55. The van der Waals surface area contributed by atoms with Gasteiger partial charge in [0.05, 0.1) is 6.61 Å². The molecule has 0 aliphatic carbocycles. The number of rotatable bonds is 10. The SMILES string of the molecule is CC(C)(C)OC(=O)NC(CCOc1ccc(CCCCN)cc1)C(N)=O. The van der Waals surface area contributed by atoms with Crippen molar-refractivity contribution in [3.8, 4) is 5.75 Å². The maximum Gasteiger partial charge on any atom is 0.408 e. The lowest BCUT2D eigenvalue weighted by atomic mass is 10.1. The van der Waals surface area contributed by atoms with Crippen molar-refractivity contribution in [1.82, 2.24) is 5.32 Å². The summed E-state index contributed by atoms with van der Waals surface area (Å²) in [5, 5.41) is 2.47. The van der Waals surface area contributed by atoms with Crippen LogP contribution in [0.3, 0.4) is 0 Å². The van der Waals surface area contributed by atoms with Crippen molar-refractivity contribution in [1.29, 1.82) is 0 Å². The molecule has 26 heavy (non-hydrogen) atoms. The molecule has 0 aromatic heterocycles. The van der Waals surface area contributed by atoms with Crippen LogP contribution in [0.4, 0.5) is 4.79 Å². The normalized spacial score (nSPS) is 12.3. The van der Waals surface area contributed by atoms with Crippen LogP contribution in [0, 0.1) is 0 Å². The van der Waals surface area contributed by atoms with E-state index in [1.54, 1.807) is 20.8 Å². The first kappa shape index (κ1) is 21.8. The summed E-state index contributed by atoms with van der Waals surface area (Å²) >= 11 is 0. The molecule has 0 heterocycles. The molecule has 5 N–H and O–H groups in total. The molecule has 0 fully saturated rings. The molecule has 1 aromatic rings. The largest absolute Gasteiger partial charge is 0.494 e. The van der Waals surface area contributed by atoms with E-state index in [9.17, 15) is 9.59 Å². The molecule has 0 radical (unpaired) electrons. The summed E-state index contributed by atoms with van der Waals surface area (Å²) in [5.74, 6) is 0.0720. The molecule has 0 aliphatic heterocycles. The Bertz CT molecular complexity index is 567. The standard InChI is InChI=1S/C19H31N3O4/c1-19(2,3)26-18(24)22-16(17(21)23)11-13-25-15-9-7-14(8-10-15)6-4-5-12-20/h7-10,16H,4-6,11-13,20H2,1-3H3,(H2,21,23)(H,22,24). The molecule has 0 saturated heterocycles. The van der Waals surface area contributed by atoms with Crippen LogP contribution in [0.5, 0.6) is 5.75 Å². The predicted molar refractivity (Wildman–Crippen MR) is 101 cm³/mol. The van der Waals surface area contributed by atoms with Gasteiger partial charge in [-0.3, -0.25) is 4.79 Å². The van der Waals surface area contributed by atoms with Crippen LogP contribution >= 0.6 is 0 Å². The maximum absolute atomic E-state index is 11.8. The van der Waals surface area contributed by atoms with Crippen molar-refractivity contribution in [3.05, 3.63) is 29.8 Å². The van der Waals surface area contributed by atoms with Crippen LogP contribution in [0.1, 0.15) is 45.6 Å². The number of nitrogens with two attached hydrogens (primary N) is 2. The van der Waals surface area contributed by atoms with Crippen LogP contribution in [-0.4, -0.2) is 36.8 Å². The number of alkyl carbamates (subject to hydrolysis) is 1. The third kappa shape index (κ3) is 9.27. The number of hydrogen-bond donors (Lipinski definition) is 3. The zero-order valence-corrected chi connectivity index (χ0v) is 15.9. The highest BCUT2D eigenvalue weighted by Gasteiger charge is 2.22. The van der Waals surface area contributed by atoms with E-state index in [0.717, 1.165) is 19.3 Å². The number of carbonyl (C=O) groups is 2. The number of hydrogen-bond acceptors (Lipinski definition) is 5. The molecule has 1 unspecified atom stereocenters. The first-order chi connectivity index (χ1) is 12.2. The van der Waals surface area contributed by atoms with Crippen molar-refractivity contribution in [2.75, 3.05) is 13.2 Å². The Labute approximate surface area is 155 Å². The number of amides is 2. The van der Waals surface area contributed by atoms with Gasteiger partial charge in [-0.05, 0) is 64.3 Å². The molecule has 0 bridgehead atoms. The van der Waals surface area contributed by atoms with Gasteiger partial charge in [0, 0.05) is 6.42 Å². The first-order valence-electron chi connectivity index (χ1n) is 8.92. The Kier molecular flexibility index (Phi) is 8.92. The number of benzene rings is 1. The van der Waals surface area contributed by atoms with E-state index >= 15 is 0 Å². The minimum absolute atomic E-state index is 0.246. The van der Waals surface area contributed by atoms with Gasteiger partial charge in [0.15, 0.2) is 0 Å². The Morgan fingerprint density at radius 1 is 1.15 bits per heavy atom. The zero-order chi connectivity index (χ0) is 19.6. The smallest absolute Gasteiger partial charge is 0.408 e. The summed E-state index contributed by atoms with van der Waals surface area (Å²) in [6.45, 7) is 6.19. The monoisotopic (exact) mass is 365 g/mol. The number of nitrogens with one attached hydrogen (secondary N) is 1. The van der Waals surface area contributed by atoms with Crippen molar-refractivity contribution in [3.63, 3.8) is 0 Å². The topological polar surface area (TPSA) is 117 Å². The second-order valence-electron chi connectivity index (χ2n) is 7.13. The van der Waals surface area contributed by atoms with Gasteiger partial charge in [-0.1, -0.05) is 12.1 Å². The van der Waals surface area contributed by atoms with Crippen LogP contribution in [0.25, 0.3) is 0 Å². The van der Waals surface area contributed by atoms with Crippen molar-refractivity contribution < 1.29 is 19.1 Å². The number of carbonyl (C=O) groups excluding carboxylic acids is 2. The second-order valence-corrected chi connectivity index (χ2v) is 7.13. The highest BCUT2D eigenvalue weighted by Crippen LogP contribution is 2.14. The molecule has 0 saturated carbocycles. The van der Waals surface area contributed by atoms with E-state index in [1.807, 2.05) is 24.3 Å². The fraction of sp³-hybridized carbons (Fsp3) is 0.579. The fourth-order valence-corrected chi connectivity index (χ4v) is 2.26. The number of primary amides is 1. The molecule has 146 valence electrons. The Morgan fingerprint density at radius 3 is 2.35 bits per heavy atom. The van der Waals surface area contributed by atoms with Crippen LogP contribution < -0.4 is 21.5 Å². The lowest BCUT2D eigenvalue weighted by molar-refractivity contribution is -0.120. The molecular formula is C19H31N3O4. The molecule has 1 atom stereocenters. The summed E-state index contributed by atoms with van der Waals surface area (Å²) < 4.78 is 10.8. The van der Waals surface area contributed by atoms with E-state index in [-0.39, 0.29) is 13.0 Å². The summed E-state index contributed by atoms with van der Waals surface area (Å²) in [6.07, 6.45) is 2.64. The van der Waals surface area contributed by atoms with Crippen molar-refractivity contribution >= 4 is 12.0 Å². The van der Waals surface area contributed by atoms with Gasteiger partial charge < -0.3 is 26.3 Å². The Balaban J connectivity index is 2.42. The van der Waals surface area contributed by atoms with Gasteiger partial charge in [0.2, 0.25) is 5.91 Å². The Morgan fingerprint density at radius 2 is 1.81 bits per heavy atom. The molecule has 1 rings (SSSR count). The van der Waals surface area contributed by atoms with Crippen molar-refractivity contribution in [2.45, 2.75) is 58.1 Å². The lowest BCUT2D eigenvalue weighted by Gasteiger charge is -2.22. The molecule has 7 heteroatoms. The predicted octanol–water partition coefficient (Wildman–Crippen LogP) is 2.12. The second kappa shape index (κ2) is 10.7.